The summed E-state index contributed by atoms with van der Waals surface area (Å²) in [6.07, 6.45) is 0.804. The molecular weight excluding hydrogens is 335 g/mol. The minimum Gasteiger partial charge on any atom is -0.207 e. The maximum absolute atomic E-state index is 12.7. The van der Waals surface area contributed by atoms with Gasteiger partial charge in [0.05, 0.1) is 0 Å². The summed E-state index contributed by atoms with van der Waals surface area (Å²) in [5, 5.41) is 0. The Labute approximate surface area is 111 Å². The second kappa shape index (κ2) is 5.11. The van der Waals surface area contributed by atoms with Crippen LogP contribution in [0.1, 0.15) is 11.1 Å². The lowest BCUT2D eigenvalue weighted by Crippen LogP contribution is -1.88. The normalized spacial score (nSPS) is 10.4. The van der Waals surface area contributed by atoms with Crippen molar-refractivity contribution in [3.05, 3.63) is 68.4 Å². The minimum absolute atomic E-state index is 0.195. The van der Waals surface area contributed by atoms with Crippen LogP contribution in [-0.2, 0) is 6.42 Å². The second-order valence-electron chi connectivity index (χ2n) is 3.58. The predicted octanol–water partition coefficient (Wildman–Crippen LogP) is 4.94. The highest BCUT2D eigenvalue weighted by atomic mass is 79.9. The van der Waals surface area contributed by atoms with E-state index in [0.717, 1.165) is 20.9 Å². The Morgan fingerprint density at radius 3 is 1.94 bits per heavy atom. The van der Waals surface area contributed by atoms with Gasteiger partial charge in [0.25, 0.3) is 0 Å². The highest BCUT2D eigenvalue weighted by molar-refractivity contribution is 9.11. The summed E-state index contributed by atoms with van der Waals surface area (Å²) in [4.78, 5) is 0. The fraction of sp³-hybridized carbons (Fsp3) is 0.0769. The molecule has 0 nitrogen and oxygen atoms in total. The third-order valence-corrected chi connectivity index (χ3v) is 3.16. The minimum atomic E-state index is -0.195. The summed E-state index contributed by atoms with van der Waals surface area (Å²) < 4.78 is 14.8. The van der Waals surface area contributed by atoms with Crippen LogP contribution in [0.2, 0.25) is 0 Å². The molecule has 0 N–H and O–H groups in total. The molecule has 0 heterocycles. The van der Waals surface area contributed by atoms with Crippen molar-refractivity contribution in [3.63, 3.8) is 0 Å². The standard InChI is InChI=1S/C13H9Br2F/c14-11-6-10(7-12(15)8-11)5-9-1-3-13(16)4-2-9/h1-4,6-8H,5H2. The van der Waals surface area contributed by atoms with Crippen LogP contribution in [0.3, 0.4) is 0 Å². The van der Waals surface area contributed by atoms with Crippen LogP contribution in [0.4, 0.5) is 4.39 Å². The van der Waals surface area contributed by atoms with Crippen LogP contribution in [0, 0.1) is 5.82 Å². The van der Waals surface area contributed by atoms with Crippen molar-refractivity contribution in [1.29, 1.82) is 0 Å². The van der Waals surface area contributed by atoms with Gasteiger partial charge in [0.2, 0.25) is 0 Å². The highest BCUT2D eigenvalue weighted by Gasteiger charge is 2.00. The first-order chi connectivity index (χ1) is 7.63. The lowest BCUT2D eigenvalue weighted by Gasteiger charge is -2.04. The van der Waals surface area contributed by atoms with Gasteiger partial charge < -0.3 is 0 Å². The van der Waals surface area contributed by atoms with E-state index < -0.39 is 0 Å². The van der Waals surface area contributed by atoms with Crippen LogP contribution in [-0.4, -0.2) is 0 Å². The summed E-state index contributed by atoms with van der Waals surface area (Å²) in [5.41, 5.74) is 2.29. The molecule has 0 unspecified atom stereocenters. The summed E-state index contributed by atoms with van der Waals surface area (Å²) in [6.45, 7) is 0. The number of hydrogen-bond acceptors (Lipinski definition) is 0. The van der Waals surface area contributed by atoms with E-state index in [2.05, 4.69) is 44.0 Å². The summed E-state index contributed by atoms with van der Waals surface area (Å²) in [6, 6.07) is 12.7. The van der Waals surface area contributed by atoms with E-state index in [-0.39, 0.29) is 5.82 Å². The molecule has 2 rings (SSSR count). The van der Waals surface area contributed by atoms with Gasteiger partial charge in [0.15, 0.2) is 0 Å². The Bertz CT molecular complexity index is 472. The molecule has 0 bridgehead atoms. The van der Waals surface area contributed by atoms with Crippen molar-refractivity contribution in [2.45, 2.75) is 6.42 Å². The van der Waals surface area contributed by atoms with E-state index in [1.54, 1.807) is 0 Å². The Morgan fingerprint density at radius 1 is 0.812 bits per heavy atom. The molecule has 0 fully saturated rings. The zero-order valence-corrected chi connectivity index (χ0v) is 11.6. The van der Waals surface area contributed by atoms with Crippen LogP contribution >= 0.6 is 31.9 Å². The monoisotopic (exact) mass is 342 g/mol. The molecule has 0 aliphatic carbocycles. The van der Waals surface area contributed by atoms with Gasteiger partial charge >= 0.3 is 0 Å². The summed E-state index contributed by atoms with van der Waals surface area (Å²) in [5.74, 6) is -0.195. The zero-order valence-electron chi connectivity index (χ0n) is 8.38. The molecule has 0 spiro atoms. The van der Waals surface area contributed by atoms with Crippen molar-refractivity contribution >= 4 is 31.9 Å². The lowest BCUT2D eigenvalue weighted by atomic mass is 10.1. The average Bonchev–Trinajstić information content (AvgIpc) is 2.20. The first-order valence-electron chi connectivity index (χ1n) is 4.83. The van der Waals surface area contributed by atoms with Gasteiger partial charge in [-0.2, -0.15) is 0 Å². The molecule has 3 heteroatoms. The number of rotatable bonds is 2. The zero-order chi connectivity index (χ0) is 11.5. The molecule has 16 heavy (non-hydrogen) atoms. The van der Waals surface area contributed by atoms with Gasteiger partial charge in [-0.15, -0.1) is 0 Å². The van der Waals surface area contributed by atoms with Crippen molar-refractivity contribution in [2.24, 2.45) is 0 Å². The van der Waals surface area contributed by atoms with Crippen molar-refractivity contribution in [1.82, 2.24) is 0 Å². The van der Waals surface area contributed by atoms with Gasteiger partial charge in [-0.3, -0.25) is 0 Å². The quantitative estimate of drug-likeness (QED) is 0.724. The molecule has 82 valence electrons. The largest absolute Gasteiger partial charge is 0.207 e. The average molecular weight is 344 g/mol. The Hall–Kier alpha value is -0.670. The van der Waals surface area contributed by atoms with Gasteiger partial charge in [-0.1, -0.05) is 44.0 Å². The van der Waals surface area contributed by atoms with Gasteiger partial charge in [0, 0.05) is 8.95 Å². The molecule has 0 radical (unpaired) electrons. The van der Waals surface area contributed by atoms with Gasteiger partial charge in [-0.25, -0.2) is 4.39 Å². The first kappa shape index (κ1) is 11.8. The fourth-order valence-electron chi connectivity index (χ4n) is 1.55. The van der Waals surface area contributed by atoms with Gasteiger partial charge in [-0.05, 0) is 47.9 Å². The van der Waals surface area contributed by atoms with Crippen LogP contribution < -0.4 is 0 Å². The molecule has 0 atom stereocenters. The Morgan fingerprint density at radius 2 is 1.38 bits per heavy atom. The maximum Gasteiger partial charge on any atom is 0.123 e. The molecular formula is C13H9Br2F. The number of halogens is 3. The van der Waals surface area contributed by atoms with Crippen molar-refractivity contribution in [3.8, 4) is 0 Å². The topological polar surface area (TPSA) is 0 Å². The maximum atomic E-state index is 12.7. The van der Waals surface area contributed by atoms with E-state index in [4.69, 9.17) is 0 Å². The van der Waals surface area contributed by atoms with Crippen LogP contribution in [0.25, 0.3) is 0 Å². The first-order valence-corrected chi connectivity index (χ1v) is 6.41. The Balaban J connectivity index is 2.23. The van der Waals surface area contributed by atoms with Crippen molar-refractivity contribution in [2.75, 3.05) is 0 Å². The molecule has 0 aliphatic heterocycles. The van der Waals surface area contributed by atoms with E-state index in [1.165, 1.54) is 17.7 Å². The van der Waals surface area contributed by atoms with Crippen LogP contribution in [0.15, 0.2) is 51.4 Å². The smallest absolute Gasteiger partial charge is 0.123 e. The third-order valence-electron chi connectivity index (χ3n) is 2.24. The lowest BCUT2D eigenvalue weighted by molar-refractivity contribution is 0.627. The highest BCUT2D eigenvalue weighted by Crippen LogP contribution is 2.22. The van der Waals surface area contributed by atoms with Crippen molar-refractivity contribution < 1.29 is 4.39 Å². The predicted molar refractivity (Wildman–Crippen MR) is 71.0 cm³/mol. The van der Waals surface area contributed by atoms with E-state index in [1.807, 2.05) is 18.2 Å². The van der Waals surface area contributed by atoms with E-state index >= 15 is 0 Å². The van der Waals surface area contributed by atoms with Gasteiger partial charge in [0.1, 0.15) is 5.82 Å². The molecule has 0 saturated heterocycles. The molecule has 2 aromatic rings. The molecule has 0 amide bonds. The third kappa shape index (κ3) is 3.16. The molecule has 0 aliphatic rings. The number of hydrogen-bond donors (Lipinski definition) is 0. The molecule has 0 saturated carbocycles. The molecule has 0 aromatic heterocycles. The summed E-state index contributed by atoms with van der Waals surface area (Å²) >= 11 is 6.90. The van der Waals surface area contributed by atoms with E-state index in [0.29, 0.717) is 0 Å². The number of benzene rings is 2. The second-order valence-corrected chi connectivity index (χ2v) is 5.41. The summed E-state index contributed by atoms with van der Waals surface area (Å²) in [7, 11) is 0. The van der Waals surface area contributed by atoms with Crippen LogP contribution in [0.5, 0.6) is 0 Å². The molecule has 2 aromatic carbocycles. The fourth-order valence-corrected chi connectivity index (χ4v) is 2.94. The Kier molecular flexibility index (Phi) is 3.77. The SMILES string of the molecule is Fc1ccc(Cc2cc(Br)cc(Br)c2)cc1. The van der Waals surface area contributed by atoms with E-state index in [9.17, 15) is 4.39 Å².